The fourth-order valence-electron chi connectivity index (χ4n) is 7.17. The van der Waals surface area contributed by atoms with Gasteiger partial charge in [0.1, 0.15) is 13.2 Å². The molecule has 0 bridgehead atoms. The van der Waals surface area contributed by atoms with Gasteiger partial charge in [0.2, 0.25) is 0 Å². The van der Waals surface area contributed by atoms with Gasteiger partial charge in [-0.2, -0.15) is 0 Å². The molecule has 380 valence electrons. The number of ether oxygens (including phenoxy) is 3. The molecule has 0 saturated carbocycles. The molecule has 0 fully saturated rings. The Labute approximate surface area is 412 Å². The Morgan fingerprint density at radius 3 is 0.985 bits per heavy atom. The van der Waals surface area contributed by atoms with Crippen LogP contribution in [0.15, 0.2) is 109 Å². The molecule has 67 heavy (non-hydrogen) atoms. The standard InChI is InChI=1S/C61H100O6/c1-4-7-10-13-16-19-22-24-26-28-29-30-31-32-33-34-36-37-39-42-45-48-51-54-60(63)66-57-58(56-65-59(62)53-50-47-44-41-21-18-15-12-9-6-3)67-61(64)55-52-49-46-43-40-38-35-27-25-23-20-17-14-11-8-5-2/h7,10,16,19-20,23-24,26-27,29-30,32-33,35-37,42,45,58H,4-6,8-9,11-15,17-18,21-22,25,28,31,34,38-41,43-44,46-57H2,1-3H3/b10-7-,19-16-,23-20-,26-24-,30-29-,33-32-,35-27-,37-36-,45-42-. The molecule has 1 atom stereocenters. The van der Waals surface area contributed by atoms with Gasteiger partial charge in [0.15, 0.2) is 6.10 Å². The van der Waals surface area contributed by atoms with E-state index in [0.717, 1.165) is 116 Å². The van der Waals surface area contributed by atoms with Gasteiger partial charge < -0.3 is 14.2 Å². The molecule has 0 aliphatic heterocycles. The lowest BCUT2D eigenvalue weighted by molar-refractivity contribution is -0.167. The predicted molar refractivity (Wildman–Crippen MR) is 288 cm³/mol. The molecule has 0 aromatic rings. The van der Waals surface area contributed by atoms with Crippen molar-refractivity contribution in [2.45, 2.75) is 245 Å². The number of hydrogen-bond donors (Lipinski definition) is 0. The van der Waals surface area contributed by atoms with Crippen LogP contribution in [0.3, 0.4) is 0 Å². The van der Waals surface area contributed by atoms with Gasteiger partial charge in [-0.3, -0.25) is 14.4 Å². The molecular weight excluding hydrogens is 829 g/mol. The minimum absolute atomic E-state index is 0.102. The van der Waals surface area contributed by atoms with Crippen LogP contribution in [0.25, 0.3) is 0 Å². The molecule has 0 aromatic carbocycles. The topological polar surface area (TPSA) is 78.9 Å². The third kappa shape index (κ3) is 52.9. The van der Waals surface area contributed by atoms with Gasteiger partial charge >= 0.3 is 17.9 Å². The molecule has 0 amide bonds. The Morgan fingerprint density at radius 2 is 0.597 bits per heavy atom. The maximum Gasteiger partial charge on any atom is 0.306 e. The second-order valence-electron chi connectivity index (χ2n) is 17.8. The molecule has 1 unspecified atom stereocenters. The van der Waals surface area contributed by atoms with Crippen molar-refractivity contribution in [3.63, 3.8) is 0 Å². The molecule has 0 radical (unpaired) electrons. The van der Waals surface area contributed by atoms with Gasteiger partial charge in [0.25, 0.3) is 0 Å². The molecule has 0 spiro atoms. The van der Waals surface area contributed by atoms with E-state index in [4.69, 9.17) is 14.2 Å². The van der Waals surface area contributed by atoms with E-state index in [1.807, 2.05) is 0 Å². The Hall–Kier alpha value is -3.93. The predicted octanol–water partition coefficient (Wildman–Crippen LogP) is 18.3. The molecule has 6 heteroatoms. The molecule has 0 heterocycles. The van der Waals surface area contributed by atoms with Crippen molar-refractivity contribution in [2.24, 2.45) is 0 Å². The third-order valence-corrected chi connectivity index (χ3v) is 11.3. The van der Waals surface area contributed by atoms with E-state index in [-0.39, 0.29) is 37.5 Å². The number of carbonyl (C=O) groups is 3. The number of carbonyl (C=O) groups excluding carboxylic acids is 3. The first kappa shape index (κ1) is 63.1. The summed E-state index contributed by atoms with van der Waals surface area (Å²) >= 11 is 0. The monoisotopic (exact) mass is 929 g/mol. The Balaban J connectivity index is 4.46. The van der Waals surface area contributed by atoms with Crippen LogP contribution >= 0.6 is 0 Å². The van der Waals surface area contributed by atoms with Crippen LogP contribution in [0.5, 0.6) is 0 Å². The fourth-order valence-corrected chi connectivity index (χ4v) is 7.17. The number of unbranched alkanes of at least 4 members (excludes halogenated alkanes) is 19. The van der Waals surface area contributed by atoms with E-state index in [9.17, 15) is 14.4 Å². The van der Waals surface area contributed by atoms with Crippen LogP contribution in [0.2, 0.25) is 0 Å². The summed E-state index contributed by atoms with van der Waals surface area (Å²) in [5.74, 6) is -0.982. The zero-order valence-electron chi connectivity index (χ0n) is 43.4. The first-order valence-electron chi connectivity index (χ1n) is 27.4. The lowest BCUT2D eigenvalue weighted by Gasteiger charge is -2.18. The maximum atomic E-state index is 12.8. The van der Waals surface area contributed by atoms with Crippen molar-refractivity contribution >= 4 is 17.9 Å². The number of hydrogen-bond acceptors (Lipinski definition) is 6. The van der Waals surface area contributed by atoms with Crippen molar-refractivity contribution in [2.75, 3.05) is 13.2 Å². The second-order valence-corrected chi connectivity index (χ2v) is 17.8. The molecule has 0 aliphatic carbocycles. The summed E-state index contributed by atoms with van der Waals surface area (Å²) in [5.41, 5.74) is 0. The summed E-state index contributed by atoms with van der Waals surface area (Å²) in [6.07, 6.45) is 73.7. The van der Waals surface area contributed by atoms with E-state index in [1.54, 1.807) is 0 Å². The third-order valence-electron chi connectivity index (χ3n) is 11.3. The van der Waals surface area contributed by atoms with Crippen molar-refractivity contribution in [1.82, 2.24) is 0 Å². The number of esters is 3. The fraction of sp³-hybridized carbons (Fsp3) is 0.656. The van der Waals surface area contributed by atoms with Gasteiger partial charge in [0, 0.05) is 19.3 Å². The van der Waals surface area contributed by atoms with Crippen molar-refractivity contribution in [1.29, 1.82) is 0 Å². The second kappa shape index (κ2) is 54.7. The van der Waals surface area contributed by atoms with Crippen LogP contribution in [0, 0.1) is 0 Å². The van der Waals surface area contributed by atoms with Crippen molar-refractivity contribution < 1.29 is 28.6 Å². The summed E-state index contributed by atoms with van der Waals surface area (Å²) < 4.78 is 16.7. The van der Waals surface area contributed by atoms with Gasteiger partial charge in [-0.1, -0.05) is 226 Å². The molecular formula is C61H100O6. The highest BCUT2D eigenvalue weighted by Gasteiger charge is 2.19. The molecule has 6 nitrogen and oxygen atoms in total. The summed E-state index contributed by atoms with van der Waals surface area (Å²) in [5, 5.41) is 0. The van der Waals surface area contributed by atoms with Crippen LogP contribution in [0.4, 0.5) is 0 Å². The molecule has 0 rings (SSSR count). The summed E-state index contributed by atoms with van der Waals surface area (Å²) in [7, 11) is 0. The van der Waals surface area contributed by atoms with Gasteiger partial charge in [-0.25, -0.2) is 0 Å². The Bertz CT molecular complexity index is 1390. The highest BCUT2D eigenvalue weighted by molar-refractivity contribution is 5.71. The minimum Gasteiger partial charge on any atom is -0.462 e. The Kier molecular flexibility index (Phi) is 51.5. The first-order valence-corrected chi connectivity index (χ1v) is 27.4. The van der Waals surface area contributed by atoms with Crippen LogP contribution in [0.1, 0.15) is 239 Å². The van der Waals surface area contributed by atoms with Crippen molar-refractivity contribution in [3.05, 3.63) is 109 Å². The largest absolute Gasteiger partial charge is 0.462 e. The maximum absolute atomic E-state index is 12.8. The van der Waals surface area contributed by atoms with Crippen LogP contribution < -0.4 is 0 Å². The molecule has 0 aromatic heterocycles. The minimum atomic E-state index is -0.808. The summed E-state index contributed by atoms with van der Waals surface area (Å²) in [6, 6.07) is 0. The van der Waals surface area contributed by atoms with Gasteiger partial charge in [0.05, 0.1) is 0 Å². The van der Waals surface area contributed by atoms with E-state index in [2.05, 4.69) is 130 Å². The normalized spacial score (nSPS) is 12.9. The van der Waals surface area contributed by atoms with E-state index >= 15 is 0 Å². The van der Waals surface area contributed by atoms with E-state index < -0.39 is 6.10 Å². The highest BCUT2D eigenvalue weighted by Crippen LogP contribution is 2.13. The average molecular weight is 929 g/mol. The number of allylic oxidation sites excluding steroid dienone is 18. The van der Waals surface area contributed by atoms with Crippen molar-refractivity contribution in [3.8, 4) is 0 Å². The SMILES string of the molecule is CC/C=C\C/C=C\C/C=C\C/C=C\C/C=C\C/C=C\C/C=C\CCCC(=O)OCC(COC(=O)CCCCCCCCCCCC)OC(=O)CCCCCCC/C=C\C/C=C\CCCCCC. The van der Waals surface area contributed by atoms with Crippen LogP contribution in [-0.2, 0) is 28.6 Å². The first-order chi connectivity index (χ1) is 33.0. The number of rotatable bonds is 48. The molecule has 0 saturated heterocycles. The van der Waals surface area contributed by atoms with E-state index in [1.165, 1.54) is 77.0 Å². The average Bonchev–Trinajstić information content (AvgIpc) is 3.33. The smallest absolute Gasteiger partial charge is 0.306 e. The van der Waals surface area contributed by atoms with E-state index in [0.29, 0.717) is 19.3 Å². The zero-order valence-corrected chi connectivity index (χ0v) is 43.4. The summed E-state index contributed by atoms with van der Waals surface area (Å²) in [6.45, 7) is 6.43. The lowest BCUT2D eigenvalue weighted by Crippen LogP contribution is -2.30. The zero-order chi connectivity index (χ0) is 48.6. The van der Waals surface area contributed by atoms with Crippen LogP contribution in [-0.4, -0.2) is 37.2 Å². The molecule has 0 N–H and O–H groups in total. The van der Waals surface area contributed by atoms with Gasteiger partial charge in [-0.15, -0.1) is 0 Å². The highest BCUT2D eigenvalue weighted by atomic mass is 16.6. The summed E-state index contributed by atoms with van der Waals surface area (Å²) in [4.78, 5) is 38.0. The lowest BCUT2D eigenvalue weighted by atomic mass is 10.1. The Morgan fingerprint density at radius 1 is 0.313 bits per heavy atom. The van der Waals surface area contributed by atoms with Gasteiger partial charge in [-0.05, 0) is 103 Å². The molecule has 0 aliphatic rings. The quantitative estimate of drug-likeness (QED) is 0.0262.